The first-order valence-corrected chi connectivity index (χ1v) is 6.12. The Bertz CT molecular complexity index is 336. The van der Waals surface area contributed by atoms with Crippen LogP contribution < -0.4 is 5.32 Å². The molecular weight excluding hydrogens is 201 g/mol. The summed E-state index contributed by atoms with van der Waals surface area (Å²) in [7, 11) is 0. The highest BCUT2D eigenvalue weighted by Crippen LogP contribution is 2.31. The van der Waals surface area contributed by atoms with E-state index in [1.54, 1.807) is 12.1 Å². The Kier molecular flexibility index (Phi) is 3.29. The molecule has 0 amide bonds. The Balaban J connectivity index is 2.14. The number of rotatable bonds is 3. The van der Waals surface area contributed by atoms with E-state index in [4.69, 9.17) is 0 Å². The van der Waals surface area contributed by atoms with Gasteiger partial charge in [-0.25, -0.2) is 4.39 Å². The zero-order valence-corrected chi connectivity index (χ0v) is 10.1. The minimum absolute atomic E-state index is 0.151. The normalized spacial score (nSPS) is 25.2. The highest BCUT2D eigenvalue weighted by molar-refractivity contribution is 5.20. The molecule has 1 heterocycles. The first-order chi connectivity index (χ1) is 7.62. The maximum Gasteiger partial charge on any atom is 0.123 e. The van der Waals surface area contributed by atoms with Crippen molar-refractivity contribution >= 4 is 0 Å². The van der Waals surface area contributed by atoms with Gasteiger partial charge >= 0.3 is 0 Å². The standard InChI is InChI=1S/C14H20FN/c1-11(2)14(8-3-9-16-14)10-12-4-6-13(15)7-5-12/h4-7,11,16H,3,8-10H2,1-2H3. The summed E-state index contributed by atoms with van der Waals surface area (Å²) in [5.41, 5.74) is 1.45. The Morgan fingerprint density at radius 1 is 1.31 bits per heavy atom. The van der Waals surface area contributed by atoms with Gasteiger partial charge < -0.3 is 5.32 Å². The van der Waals surface area contributed by atoms with Crippen molar-refractivity contribution in [3.63, 3.8) is 0 Å². The minimum Gasteiger partial charge on any atom is -0.311 e. The Labute approximate surface area is 97.1 Å². The highest BCUT2D eigenvalue weighted by atomic mass is 19.1. The smallest absolute Gasteiger partial charge is 0.123 e. The molecule has 1 unspecified atom stereocenters. The average molecular weight is 221 g/mol. The second-order valence-electron chi connectivity index (χ2n) is 5.14. The van der Waals surface area contributed by atoms with Crippen LogP contribution in [0.2, 0.25) is 0 Å². The van der Waals surface area contributed by atoms with Crippen LogP contribution in [0.15, 0.2) is 24.3 Å². The molecule has 1 N–H and O–H groups in total. The van der Waals surface area contributed by atoms with Gasteiger partial charge in [-0.2, -0.15) is 0 Å². The molecule has 1 aromatic rings. The molecule has 0 spiro atoms. The van der Waals surface area contributed by atoms with E-state index in [9.17, 15) is 4.39 Å². The molecular formula is C14H20FN. The average Bonchev–Trinajstić information content (AvgIpc) is 2.71. The zero-order chi connectivity index (χ0) is 11.6. The SMILES string of the molecule is CC(C)C1(Cc2ccc(F)cc2)CCCN1. The molecule has 2 heteroatoms. The van der Waals surface area contributed by atoms with Crippen LogP contribution in [-0.2, 0) is 6.42 Å². The molecule has 1 aliphatic heterocycles. The van der Waals surface area contributed by atoms with E-state index >= 15 is 0 Å². The Hall–Kier alpha value is -0.890. The molecule has 1 fully saturated rings. The fourth-order valence-electron chi connectivity index (χ4n) is 2.64. The van der Waals surface area contributed by atoms with Gasteiger partial charge in [0, 0.05) is 5.54 Å². The summed E-state index contributed by atoms with van der Waals surface area (Å²) >= 11 is 0. The summed E-state index contributed by atoms with van der Waals surface area (Å²) in [6.45, 7) is 5.64. The minimum atomic E-state index is -0.151. The van der Waals surface area contributed by atoms with E-state index in [-0.39, 0.29) is 11.4 Å². The summed E-state index contributed by atoms with van der Waals surface area (Å²) in [5.74, 6) is 0.460. The highest BCUT2D eigenvalue weighted by Gasteiger charge is 2.36. The van der Waals surface area contributed by atoms with Crippen LogP contribution in [-0.4, -0.2) is 12.1 Å². The van der Waals surface area contributed by atoms with Crippen LogP contribution in [0.25, 0.3) is 0 Å². The first kappa shape index (κ1) is 11.6. The lowest BCUT2D eigenvalue weighted by Crippen LogP contribution is -2.46. The molecule has 0 saturated carbocycles. The fourth-order valence-corrected chi connectivity index (χ4v) is 2.64. The van der Waals surface area contributed by atoms with Crippen molar-refractivity contribution in [1.82, 2.24) is 5.32 Å². The summed E-state index contributed by atoms with van der Waals surface area (Å²) in [6.07, 6.45) is 3.48. The van der Waals surface area contributed by atoms with Gasteiger partial charge in [0.1, 0.15) is 5.82 Å². The van der Waals surface area contributed by atoms with Gasteiger partial charge in [-0.15, -0.1) is 0 Å². The third kappa shape index (κ3) is 2.27. The predicted molar refractivity (Wildman–Crippen MR) is 64.9 cm³/mol. The molecule has 0 aliphatic carbocycles. The topological polar surface area (TPSA) is 12.0 Å². The maximum atomic E-state index is 12.8. The lowest BCUT2D eigenvalue weighted by molar-refractivity contribution is 0.269. The van der Waals surface area contributed by atoms with E-state index in [0.717, 1.165) is 13.0 Å². The van der Waals surface area contributed by atoms with E-state index in [1.807, 2.05) is 12.1 Å². The van der Waals surface area contributed by atoms with E-state index in [0.29, 0.717) is 5.92 Å². The van der Waals surface area contributed by atoms with Gasteiger partial charge in [0.2, 0.25) is 0 Å². The number of hydrogen-bond donors (Lipinski definition) is 1. The monoisotopic (exact) mass is 221 g/mol. The number of nitrogens with one attached hydrogen (secondary N) is 1. The molecule has 88 valence electrons. The lowest BCUT2D eigenvalue weighted by Gasteiger charge is -2.34. The largest absolute Gasteiger partial charge is 0.311 e. The van der Waals surface area contributed by atoms with Crippen molar-refractivity contribution in [2.75, 3.05) is 6.54 Å². The van der Waals surface area contributed by atoms with Crippen LogP contribution in [0.5, 0.6) is 0 Å². The molecule has 1 aromatic carbocycles. The van der Waals surface area contributed by atoms with Crippen LogP contribution in [0, 0.1) is 11.7 Å². The molecule has 1 aliphatic rings. The van der Waals surface area contributed by atoms with Gasteiger partial charge in [-0.3, -0.25) is 0 Å². The van der Waals surface area contributed by atoms with Gasteiger partial charge in [-0.05, 0) is 49.4 Å². The number of hydrogen-bond acceptors (Lipinski definition) is 1. The van der Waals surface area contributed by atoms with Gasteiger partial charge in [0.05, 0.1) is 0 Å². The predicted octanol–water partition coefficient (Wildman–Crippen LogP) is 3.15. The number of halogens is 1. The van der Waals surface area contributed by atoms with Crippen LogP contribution in [0.4, 0.5) is 4.39 Å². The number of benzene rings is 1. The molecule has 16 heavy (non-hydrogen) atoms. The van der Waals surface area contributed by atoms with Crippen molar-refractivity contribution in [3.8, 4) is 0 Å². The fraction of sp³-hybridized carbons (Fsp3) is 0.571. The van der Waals surface area contributed by atoms with E-state index in [1.165, 1.54) is 18.4 Å². The van der Waals surface area contributed by atoms with Crippen LogP contribution in [0.3, 0.4) is 0 Å². The molecule has 0 aromatic heterocycles. The molecule has 1 nitrogen and oxygen atoms in total. The third-order valence-corrected chi connectivity index (χ3v) is 3.81. The molecule has 2 rings (SSSR count). The molecule has 0 radical (unpaired) electrons. The summed E-state index contributed by atoms with van der Waals surface area (Å²) in [6, 6.07) is 6.91. The van der Waals surface area contributed by atoms with Gasteiger partial charge in [0.25, 0.3) is 0 Å². The third-order valence-electron chi connectivity index (χ3n) is 3.81. The van der Waals surface area contributed by atoms with Crippen molar-refractivity contribution < 1.29 is 4.39 Å². The lowest BCUT2D eigenvalue weighted by atomic mass is 9.80. The second kappa shape index (κ2) is 4.54. The van der Waals surface area contributed by atoms with Crippen molar-refractivity contribution in [1.29, 1.82) is 0 Å². The van der Waals surface area contributed by atoms with Crippen molar-refractivity contribution in [2.45, 2.75) is 38.6 Å². The first-order valence-electron chi connectivity index (χ1n) is 6.12. The Morgan fingerprint density at radius 2 is 2.00 bits per heavy atom. The maximum absolute atomic E-state index is 12.8. The summed E-state index contributed by atoms with van der Waals surface area (Å²) in [5, 5.41) is 3.64. The second-order valence-corrected chi connectivity index (χ2v) is 5.14. The van der Waals surface area contributed by atoms with Gasteiger partial charge in [-0.1, -0.05) is 26.0 Å². The molecule has 0 bridgehead atoms. The zero-order valence-electron chi connectivity index (χ0n) is 10.1. The van der Waals surface area contributed by atoms with Crippen molar-refractivity contribution in [3.05, 3.63) is 35.6 Å². The van der Waals surface area contributed by atoms with Crippen LogP contribution >= 0.6 is 0 Å². The van der Waals surface area contributed by atoms with Crippen molar-refractivity contribution in [2.24, 2.45) is 5.92 Å². The summed E-state index contributed by atoms with van der Waals surface area (Å²) in [4.78, 5) is 0. The molecule has 1 atom stereocenters. The quantitative estimate of drug-likeness (QED) is 0.826. The van der Waals surface area contributed by atoms with Gasteiger partial charge in [0.15, 0.2) is 0 Å². The van der Waals surface area contributed by atoms with E-state index < -0.39 is 0 Å². The Morgan fingerprint density at radius 3 is 2.50 bits per heavy atom. The van der Waals surface area contributed by atoms with Crippen LogP contribution in [0.1, 0.15) is 32.3 Å². The molecule has 1 saturated heterocycles. The summed E-state index contributed by atoms with van der Waals surface area (Å²) < 4.78 is 12.8. The van der Waals surface area contributed by atoms with E-state index in [2.05, 4.69) is 19.2 Å².